The molecule has 0 saturated heterocycles. The van der Waals surface area contributed by atoms with Crippen molar-refractivity contribution in [1.82, 2.24) is 4.90 Å². The molecule has 12 heteroatoms. The van der Waals surface area contributed by atoms with Crippen LogP contribution in [0.5, 0.6) is 0 Å². The van der Waals surface area contributed by atoms with E-state index >= 15 is 0 Å². The Hall–Kier alpha value is -2.73. The summed E-state index contributed by atoms with van der Waals surface area (Å²) in [5.74, 6) is -2.33. The van der Waals surface area contributed by atoms with E-state index in [4.69, 9.17) is 23.7 Å². The maximum atomic E-state index is 12.9. The van der Waals surface area contributed by atoms with Gasteiger partial charge in [0.2, 0.25) is 0 Å². The van der Waals surface area contributed by atoms with Gasteiger partial charge in [-0.15, -0.1) is 0 Å². The van der Waals surface area contributed by atoms with Crippen molar-refractivity contribution in [3.63, 3.8) is 0 Å². The quantitative estimate of drug-likeness (QED) is 0.0352. The molecule has 0 aromatic rings. The second kappa shape index (κ2) is 41.0. The molecule has 0 heterocycles. The van der Waals surface area contributed by atoms with Gasteiger partial charge in [0, 0.05) is 50.6 Å². The highest BCUT2D eigenvalue weighted by Crippen LogP contribution is 2.25. The van der Waals surface area contributed by atoms with Gasteiger partial charge in [-0.25, -0.2) is 0 Å². The molecule has 1 aliphatic rings. The Labute approximate surface area is 377 Å². The van der Waals surface area contributed by atoms with Crippen molar-refractivity contribution in [2.45, 2.75) is 226 Å². The van der Waals surface area contributed by atoms with Crippen LogP contribution < -0.4 is 0 Å². The Bertz CT molecular complexity index is 1100. The minimum absolute atomic E-state index is 0.0166. The van der Waals surface area contributed by atoms with E-state index in [0.29, 0.717) is 44.6 Å². The van der Waals surface area contributed by atoms with Crippen molar-refractivity contribution < 1.29 is 52.8 Å². The minimum Gasteiger partial charge on any atom is -0.465 e. The monoisotopic (exact) mass is 882 g/mol. The van der Waals surface area contributed by atoms with Gasteiger partial charge in [-0.1, -0.05) is 130 Å². The molecular formula is C50H91NO11. The van der Waals surface area contributed by atoms with Crippen LogP contribution in [0.2, 0.25) is 0 Å². The maximum absolute atomic E-state index is 12.9. The molecule has 62 heavy (non-hydrogen) atoms. The number of carbonyl (C=O) groups is 5. The average molecular weight is 882 g/mol. The molecule has 362 valence electrons. The van der Waals surface area contributed by atoms with Crippen molar-refractivity contribution >= 4 is 29.8 Å². The number of esters is 5. The van der Waals surface area contributed by atoms with Gasteiger partial charge in [0.05, 0.1) is 25.7 Å². The van der Waals surface area contributed by atoms with Crippen LogP contribution in [0.25, 0.3) is 0 Å². The molecule has 1 saturated carbocycles. The van der Waals surface area contributed by atoms with Crippen LogP contribution in [0.3, 0.4) is 0 Å². The fraction of sp³-hybridized carbons (Fsp3) is 0.900. The third-order valence-corrected chi connectivity index (χ3v) is 11.9. The van der Waals surface area contributed by atoms with Crippen LogP contribution in [0, 0.1) is 11.8 Å². The normalized spacial score (nSPS) is 13.2. The molecule has 12 nitrogen and oxygen atoms in total. The van der Waals surface area contributed by atoms with E-state index in [9.17, 15) is 29.1 Å². The number of unbranched alkanes of at least 4 members (excludes halogenated alkanes) is 17. The first-order valence-electron chi connectivity index (χ1n) is 25.3. The van der Waals surface area contributed by atoms with E-state index in [0.717, 1.165) is 116 Å². The van der Waals surface area contributed by atoms with Gasteiger partial charge in [0.25, 0.3) is 0 Å². The Morgan fingerprint density at radius 1 is 0.435 bits per heavy atom. The summed E-state index contributed by atoms with van der Waals surface area (Å²) in [5.41, 5.74) is 0. The summed E-state index contributed by atoms with van der Waals surface area (Å²) in [7, 11) is 0. The lowest BCUT2D eigenvalue weighted by Crippen LogP contribution is -2.42. The van der Waals surface area contributed by atoms with Crippen LogP contribution in [-0.2, 0) is 47.7 Å². The molecule has 0 aromatic carbocycles. The van der Waals surface area contributed by atoms with E-state index in [1.54, 1.807) is 0 Å². The first-order valence-corrected chi connectivity index (χ1v) is 25.3. The van der Waals surface area contributed by atoms with Gasteiger partial charge < -0.3 is 28.8 Å². The van der Waals surface area contributed by atoms with Crippen LogP contribution in [0.1, 0.15) is 220 Å². The van der Waals surface area contributed by atoms with Crippen LogP contribution in [0.4, 0.5) is 0 Å². The summed E-state index contributed by atoms with van der Waals surface area (Å²) >= 11 is 0. The second-order valence-electron chi connectivity index (χ2n) is 17.7. The average Bonchev–Trinajstić information content (AvgIpc) is 3.24. The summed E-state index contributed by atoms with van der Waals surface area (Å²) in [6.45, 7) is 8.50. The minimum atomic E-state index is -0.500. The predicted molar refractivity (Wildman–Crippen MR) is 244 cm³/mol. The molecule has 0 aromatic heterocycles. The Morgan fingerprint density at radius 2 is 0.758 bits per heavy atom. The van der Waals surface area contributed by atoms with Gasteiger partial charge in [0.15, 0.2) is 0 Å². The van der Waals surface area contributed by atoms with E-state index in [-0.39, 0.29) is 82.3 Å². The highest BCUT2D eigenvalue weighted by molar-refractivity contribution is 5.71. The Balaban J connectivity index is 2.62. The van der Waals surface area contributed by atoms with E-state index in [1.807, 2.05) is 0 Å². The summed E-state index contributed by atoms with van der Waals surface area (Å²) < 4.78 is 27.9. The largest absolute Gasteiger partial charge is 0.465 e. The number of rotatable bonds is 44. The van der Waals surface area contributed by atoms with Crippen molar-refractivity contribution in [3.8, 4) is 0 Å². The maximum Gasteiger partial charge on any atom is 0.305 e. The SMILES string of the molecule is CCCCCCCCCC(=O)OCC(COC(=O)CCCCCCN(CCO)C1CCC1)COC(=O)CCCC(COC(=O)CCCCCCC)COC(=O)CCCCCCC. The number of aliphatic hydroxyl groups is 1. The van der Waals surface area contributed by atoms with Crippen molar-refractivity contribution in [2.75, 3.05) is 52.7 Å². The van der Waals surface area contributed by atoms with Crippen LogP contribution >= 0.6 is 0 Å². The van der Waals surface area contributed by atoms with Crippen molar-refractivity contribution in [3.05, 3.63) is 0 Å². The zero-order chi connectivity index (χ0) is 45.3. The summed E-state index contributed by atoms with van der Waals surface area (Å²) in [5, 5.41) is 9.41. The summed E-state index contributed by atoms with van der Waals surface area (Å²) in [4.78, 5) is 65.5. The summed E-state index contributed by atoms with van der Waals surface area (Å²) in [6, 6.07) is 0.603. The molecule has 1 atom stereocenters. The van der Waals surface area contributed by atoms with E-state index < -0.39 is 11.9 Å². The molecule has 0 aliphatic heterocycles. The molecular weight excluding hydrogens is 791 g/mol. The number of nitrogens with zero attached hydrogens (tertiary/aromatic N) is 1. The lowest BCUT2D eigenvalue weighted by Gasteiger charge is -2.37. The number of ether oxygens (including phenoxy) is 5. The van der Waals surface area contributed by atoms with Gasteiger partial charge >= 0.3 is 29.8 Å². The first kappa shape index (κ1) is 57.3. The molecule has 1 rings (SSSR count). The van der Waals surface area contributed by atoms with Crippen LogP contribution in [-0.4, -0.2) is 98.6 Å². The second-order valence-corrected chi connectivity index (χ2v) is 17.7. The Morgan fingerprint density at radius 3 is 1.10 bits per heavy atom. The fourth-order valence-corrected chi connectivity index (χ4v) is 7.58. The molecule has 1 unspecified atom stereocenters. The van der Waals surface area contributed by atoms with Gasteiger partial charge in [-0.2, -0.15) is 0 Å². The Kier molecular flexibility index (Phi) is 37.9. The first-order chi connectivity index (χ1) is 30.2. The van der Waals surface area contributed by atoms with Gasteiger partial charge in [-0.05, 0) is 64.3 Å². The topological polar surface area (TPSA) is 155 Å². The van der Waals surface area contributed by atoms with Gasteiger partial charge in [-0.3, -0.25) is 28.9 Å². The molecule has 0 bridgehead atoms. The third-order valence-electron chi connectivity index (χ3n) is 11.9. The summed E-state index contributed by atoms with van der Waals surface area (Å²) in [6.07, 6.45) is 27.7. The predicted octanol–water partition coefficient (Wildman–Crippen LogP) is 10.8. The van der Waals surface area contributed by atoms with E-state index in [1.165, 1.54) is 44.9 Å². The molecule has 0 spiro atoms. The lowest BCUT2D eigenvalue weighted by molar-refractivity contribution is -0.155. The highest BCUT2D eigenvalue weighted by atomic mass is 16.6. The smallest absolute Gasteiger partial charge is 0.305 e. The number of hydrogen-bond acceptors (Lipinski definition) is 12. The zero-order valence-corrected chi connectivity index (χ0v) is 39.8. The molecule has 1 aliphatic carbocycles. The lowest BCUT2D eigenvalue weighted by atomic mass is 9.91. The van der Waals surface area contributed by atoms with Crippen molar-refractivity contribution in [2.24, 2.45) is 11.8 Å². The fourth-order valence-electron chi connectivity index (χ4n) is 7.58. The number of carbonyl (C=O) groups excluding carboxylic acids is 5. The van der Waals surface area contributed by atoms with Crippen molar-refractivity contribution in [1.29, 1.82) is 0 Å². The molecule has 0 radical (unpaired) electrons. The molecule has 1 fully saturated rings. The standard InChI is InChI=1S/C50H91NO11/c1-4-7-10-13-14-17-22-32-48(55)60-40-44(41-61-49(56)33-23-18-19-24-35-51(36-37-52)45-28-26-29-45)42-62-50(57)34-25-27-43(38-58-46(53)30-20-15-11-8-5-2)39-59-47(54)31-21-16-12-9-6-3/h43-45,52H,4-42H2,1-3H3. The zero-order valence-electron chi connectivity index (χ0n) is 39.8. The van der Waals surface area contributed by atoms with E-state index in [2.05, 4.69) is 25.7 Å². The van der Waals surface area contributed by atoms with Gasteiger partial charge in [0.1, 0.15) is 19.8 Å². The highest BCUT2D eigenvalue weighted by Gasteiger charge is 2.24. The van der Waals surface area contributed by atoms with Crippen LogP contribution in [0.15, 0.2) is 0 Å². The molecule has 1 N–H and O–H groups in total. The third kappa shape index (κ3) is 33.8. The number of hydrogen-bond donors (Lipinski definition) is 1. The number of aliphatic hydroxyl groups excluding tert-OH is 1. The molecule has 0 amide bonds.